The summed E-state index contributed by atoms with van der Waals surface area (Å²) in [5, 5.41) is 18.6. The van der Waals surface area contributed by atoms with Crippen molar-refractivity contribution in [1.82, 2.24) is 0 Å². The topological polar surface area (TPSA) is 66.8 Å². The van der Waals surface area contributed by atoms with Gasteiger partial charge in [-0.15, -0.1) is 0 Å². The zero-order valence-corrected chi connectivity index (χ0v) is 19.6. The molecule has 0 aliphatic carbocycles. The summed E-state index contributed by atoms with van der Waals surface area (Å²) in [7, 11) is 0. The smallest absolute Gasteiger partial charge is 0.335 e. The normalized spacial score (nSPS) is 11.9. The molecule has 2 N–H and O–H groups in total. The summed E-state index contributed by atoms with van der Waals surface area (Å²) in [5.74, 6) is -0.933. The van der Waals surface area contributed by atoms with Crippen molar-refractivity contribution in [3.8, 4) is 0 Å². The van der Waals surface area contributed by atoms with Gasteiger partial charge in [0.15, 0.2) is 0 Å². The Morgan fingerprint density at radius 3 is 2.25 bits per heavy atom. The molecule has 2 aromatic carbocycles. The highest BCUT2D eigenvalue weighted by atomic mass is 16.5. The van der Waals surface area contributed by atoms with Crippen molar-refractivity contribution in [3.05, 3.63) is 82.4 Å². The SMILES string of the molecule is C=C(CO)C(=O)OCC(CO)c1ccc(CCc2ccc(CCCCC)c(CC)c2)cc1. The molecule has 0 fully saturated rings. The summed E-state index contributed by atoms with van der Waals surface area (Å²) in [4.78, 5) is 11.7. The van der Waals surface area contributed by atoms with Crippen LogP contribution >= 0.6 is 0 Å². The van der Waals surface area contributed by atoms with Crippen LogP contribution in [0, 0.1) is 0 Å². The lowest BCUT2D eigenvalue weighted by Gasteiger charge is -2.16. The molecule has 1 atom stereocenters. The molecule has 0 heterocycles. The first-order valence-corrected chi connectivity index (χ1v) is 11.8. The fourth-order valence-corrected chi connectivity index (χ4v) is 3.82. The predicted molar refractivity (Wildman–Crippen MR) is 130 cm³/mol. The first-order chi connectivity index (χ1) is 15.5. The average Bonchev–Trinajstić information content (AvgIpc) is 2.83. The van der Waals surface area contributed by atoms with E-state index in [-0.39, 0.29) is 24.7 Å². The fraction of sp³-hybridized carbons (Fsp3) is 0.464. The van der Waals surface area contributed by atoms with Gasteiger partial charge in [-0.1, -0.05) is 75.7 Å². The van der Waals surface area contributed by atoms with Gasteiger partial charge in [-0.05, 0) is 59.9 Å². The zero-order chi connectivity index (χ0) is 23.3. The van der Waals surface area contributed by atoms with Crippen LogP contribution in [0.5, 0.6) is 0 Å². The van der Waals surface area contributed by atoms with E-state index >= 15 is 0 Å². The number of rotatable bonds is 14. The Morgan fingerprint density at radius 1 is 0.938 bits per heavy atom. The molecule has 0 aliphatic rings. The molecule has 4 heteroatoms. The molecule has 0 spiro atoms. The number of hydrogen-bond donors (Lipinski definition) is 2. The third kappa shape index (κ3) is 7.92. The van der Waals surface area contributed by atoms with E-state index in [9.17, 15) is 9.90 Å². The van der Waals surface area contributed by atoms with E-state index in [0.29, 0.717) is 0 Å². The first-order valence-electron chi connectivity index (χ1n) is 11.8. The summed E-state index contributed by atoms with van der Waals surface area (Å²) >= 11 is 0. The molecule has 0 saturated carbocycles. The van der Waals surface area contributed by atoms with Gasteiger partial charge in [0.2, 0.25) is 0 Å². The first kappa shape index (κ1) is 25.8. The second kappa shape index (κ2) is 13.9. The molecular formula is C28H38O4. The van der Waals surface area contributed by atoms with Crippen LogP contribution in [0.15, 0.2) is 54.6 Å². The lowest BCUT2D eigenvalue weighted by molar-refractivity contribution is -0.140. The third-order valence-corrected chi connectivity index (χ3v) is 5.97. The largest absolute Gasteiger partial charge is 0.462 e. The number of hydrogen-bond acceptors (Lipinski definition) is 4. The highest BCUT2D eigenvalue weighted by Crippen LogP contribution is 2.20. The quantitative estimate of drug-likeness (QED) is 0.249. The monoisotopic (exact) mass is 438 g/mol. The highest BCUT2D eigenvalue weighted by Gasteiger charge is 2.15. The summed E-state index contributed by atoms with van der Waals surface area (Å²) in [5.41, 5.74) is 6.50. The Labute approximate surface area is 193 Å². The van der Waals surface area contributed by atoms with Crippen LogP contribution in [0.1, 0.15) is 66.8 Å². The Hall–Kier alpha value is -2.43. The van der Waals surface area contributed by atoms with Gasteiger partial charge >= 0.3 is 5.97 Å². The molecule has 2 rings (SSSR count). The number of carbonyl (C=O) groups is 1. The summed E-state index contributed by atoms with van der Waals surface area (Å²) in [6.07, 6.45) is 8.00. The van der Waals surface area contributed by atoms with E-state index in [1.54, 1.807) is 0 Å². The minimum absolute atomic E-state index is 0.0114. The van der Waals surface area contributed by atoms with Gasteiger partial charge in [-0.3, -0.25) is 0 Å². The minimum Gasteiger partial charge on any atom is -0.462 e. The van der Waals surface area contributed by atoms with E-state index in [1.807, 2.05) is 12.1 Å². The average molecular weight is 439 g/mol. The van der Waals surface area contributed by atoms with Crippen molar-refractivity contribution >= 4 is 5.97 Å². The Balaban J connectivity index is 1.93. The van der Waals surface area contributed by atoms with Crippen LogP contribution in [0.25, 0.3) is 0 Å². The van der Waals surface area contributed by atoms with Gasteiger partial charge in [-0.25, -0.2) is 4.79 Å². The summed E-state index contributed by atoms with van der Waals surface area (Å²) in [6.45, 7) is 7.42. The number of benzene rings is 2. The lowest BCUT2D eigenvalue weighted by atomic mass is 9.94. The van der Waals surface area contributed by atoms with Gasteiger partial charge in [-0.2, -0.15) is 0 Å². The number of aryl methyl sites for hydroxylation is 4. The maximum atomic E-state index is 11.7. The van der Waals surface area contributed by atoms with Crippen LogP contribution in [0.4, 0.5) is 0 Å². The van der Waals surface area contributed by atoms with Crippen LogP contribution in [-0.2, 0) is 35.2 Å². The van der Waals surface area contributed by atoms with Gasteiger partial charge in [0.25, 0.3) is 0 Å². The molecule has 1 unspecified atom stereocenters. The number of unbranched alkanes of at least 4 members (excludes halogenated alkanes) is 2. The number of aliphatic hydroxyl groups is 2. The van der Waals surface area contributed by atoms with Crippen molar-refractivity contribution < 1.29 is 19.7 Å². The van der Waals surface area contributed by atoms with Crippen molar-refractivity contribution in [2.24, 2.45) is 0 Å². The molecule has 32 heavy (non-hydrogen) atoms. The van der Waals surface area contributed by atoms with E-state index in [2.05, 4.69) is 50.8 Å². The molecule has 174 valence electrons. The van der Waals surface area contributed by atoms with Crippen molar-refractivity contribution in [1.29, 1.82) is 0 Å². The van der Waals surface area contributed by atoms with E-state index < -0.39 is 12.6 Å². The summed E-state index contributed by atoms with van der Waals surface area (Å²) in [6, 6.07) is 15.1. The molecular weight excluding hydrogens is 400 g/mol. The standard InChI is InChI=1S/C28H38O4/c1-4-6-7-8-25-16-13-23(17-24(25)5-2)10-9-22-11-14-26(15-12-22)27(19-30)20-32-28(31)21(3)18-29/h11-17,27,29-30H,3-10,18-20H2,1-2H3. The van der Waals surface area contributed by atoms with Gasteiger partial charge in [0.05, 0.1) is 18.8 Å². The van der Waals surface area contributed by atoms with Crippen LogP contribution in [0.2, 0.25) is 0 Å². The second-order valence-electron chi connectivity index (χ2n) is 8.39. The van der Waals surface area contributed by atoms with E-state index in [1.165, 1.54) is 47.9 Å². The van der Waals surface area contributed by atoms with E-state index in [0.717, 1.165) is 24.8 Å². The number of ether oxygens (including phenoxy) is 1. The van der Waals surface area contributed by atoms with Crippen molar-refractivity contribution in [3.63, 3.8) is 0 Å². The highest BCUT2D eigenvalue weighted by molar-refractivity contribution is 5.87. The Kier molecular flexibility index (Phi) is 11.2. The number of carbonyl (C=O) groups excluding carboxylic acids is 1. The zero-order valence-electron chi connectivity index (χ0n) is 19.6. The van der Waals surface area contributed by atoms with Crippen LogP contribution in [0.3, 0.4) is 0 Å². The molecule has 0 radical (unpaired) electrons. The fourth-order valence-electron chi connectivity index (χ4n) is 3.82. The molecule has 0 amide bonds. The van der Waals surface area contributed by atoms with Gasteiger partial charge < -0.3 is 14.9 Å². The van der Waals surface area contributed by atoms with Gasteiger partial charge in [0, 0.05) is 5.92 Å². The minimum atomic E-state index is -0.634. The summed E-state index contributed by atoms with van der Waals surface area (Å²) < 4.78 is 5.14. The van der Waals surface area contributed by atoms with Crippen LogP contribution in [-0.4, -0.2) is 36.0 Å². The number of aliphatic hydroxyl groups excluding tert-OH is 2. The molecule has 0 aliphatic heterocycles. The van der Waals surface area contributed by atoms with Crippen molar-refractivity contribution in [2.75, 3.05) is 19.8 Å². The predicted octanol–water partition coefficient (Wildman–Crippen LogP) is 4.93. The van der Waals surface area contributed by atoms with Crippen LogP contribution < -0.4 is 0 Å². The van der Waals surface area contributed by atoms with Crippen molar-refractivity contribution in [2.45, 2.75) is 64.7 Å². The molecule has 0 aromatic heterocycles. The third-order valence-electron chi connectivity index (χ3n) is 5.97. The van der Waals surface area contributed by atoms with E-state index in [4.69, 9.17) is 9.84 Å². The van der Waals surface area contributed by atoms with Gasteiger partial charge in [0.1, 0.15) is 6.61 Å². The maximum absolute atomic E-state index is 11.7. The second-order valence-corrected chi connectivity index (χ2v) is 8.39. The molecule has 2 aromatic rings. The molecule has 0 bridgehead atoms. The Morgan fingerprint density at radius 2 is 1.62 bits per heavy atom. The molecule has 4 nitrogen and oxygen atoms in total. The molecule has 0 saturated heterocycles. The number of esters is 1. The maximum Gasteiger partial charge on any atom is 0.335 e. The lowest BCUT2D eigenvalue weighted by Crippen LogP contribution is -2.17. The Bertz CT molecular complexity index is 854.